The van der Waals surface area contributed by atoms with Crippen molar-refractivity contribution in [2.24, 2.45) is 0 Å². The van der Waals surface area contributed by atoms with E-state index in [0.717, 1.165) is 16.2 Å². The summed E-state index contributed by atoms with van der Waals surface area (Å²) in [6.07, 6.45) is 0. The number of aromatic nitrogens is 1. The number of rotatable bonds is 3. The third kappa shape index (κ3) is 3.16. The van der Waals surface area contributed by atoms with Gasteiger partial charge in [0.25, 0.3) is 23.3 Å². The highest BCUT2D eigenvalue weighted by molar-refractivity contribution is 6.23. The number of imide groups is 1. The van der Waals surface area contributed by atoms with E-state index in [-0.39, 0.29) is 22.9 Å². The van der Waals surface area contributed by atoms with Crippen LogP contribution in [0, 0.1) is 6.92 Å². The lowest BCUT2D eigenvalue weighted by Gasteiger charge is -2.13. The van der Waals surface area contributed by atoms with E-state index in [0.29, 0.717) is 16.9 Å². The highest BCUT2D eigenvalue weighted by atomic mass is 16.2. The third-order valence-electron chi connectivity index (χ3n) is 4.63. The summed E-state index contributed by atoms with van der Waals surface area (Å²) in [7, 11) is 0. The molecule has 0 saturated heterocycles. The first kappa shape index (κ1) is 18.2. The maximum absolute atomic E-state index is 12.5. The molecular formula is C21H16N4O4. The van der Waals surface area contributed by atoms with Crippen LogP contribution in [-0.4, -0.2) is 22.3 Å². The lowest BCUT2D eigenvalue weighted by atomic mass is 10.1. The molecule has 29 heavy (non-hydrogen) atoms. The molecule has 0 aliphatic carbocycles. The summed E-state index contributed by atoms with van der Waals surface area (Å²) < 4.78 is 1.12. The Kier molecular flexibility index (Phi) is 4.23. The second-order valence-electron chi connectivity index (χ2n) is 6.65. The van der Waals surface area contributed by atoms with Gasteiger partial charge in [0, 0.05) is 17.3 Å². The summed E-state index contributed by atoms with van der Waals surface area (Å²) in [6.45, 7) is 1.93. The summed E-state index contributed by atoms with van der Waals surface area (Å²) in [5.74, 6) is -1.75. The van der Waals surface area contributed by atoms with Crippen LogP contribution in [0.1, 0.15) is 36.6 Å². The summed E-state index contributed by atoms with van der Waals surface area (Å²) in [5.41, 5.74) is 7.72. The van der Waals surface area contributed by atoms with Crippen LogP contribution in [0.2, 0.25) is 0 Å². The number of benzene rings is 2. The molecular weight excluding hydrogens is 372 g/mol. The predicted molar refractivity (Wildman–Crippen MR) is 107 cm³/mol. The largest absolute Gasteiger partial charge is 0.384 e. The number of nitrogens with two attached hydrogens (primary N) is 1. The lowest BCUT2D eigenvalue weighted by Crippen LogP contribution is -2.24. The van der Waals surface area contributed by atoms with Crippen molar-refractivity contribution in [3.05, 3.63) is 87.2 Å². The van der Waals surface area contributed by atoms with Gasteiger partial charge in [-0.25, -0.2) is 0 Å². The van der Waals surface area contributed by atoms with Crippen molar-refractivity contribution in [1.29, 1.82) is 0 Å². The number of nitrogens with one attached hydrogen (secondary N) is 2. The SMILES string of the molecule is Cc1ccc(C(=O)Nc2cccc(-n3c(N)c4c(cc3=O)C(=O)NC4=O)c2)cc1. The minimum absolute atomic E-state index is 0.0382. The summed E-state index contributed by atoms with van der Waals surface area (Å²) in [4.78, 5) is 48.8. The fourth-order valence-corrected chi connectivity index (χ4v) is 3.18. The average Bonchev–Trinajstić information content (AvgIpc) is 2.96. The second-order valence-corrected chi connectivity index (χ2v) is 6.65. The number of nitrogens with zero attached hydrogens (tertiary/aromatic N) is 1. The highest BCUT2D eigenvalue weighted by Crippen LogP contribution is 2.24. The second kappa shape index (κ2) is 6.75. The summed E-state index contributed by atoms with van der Waals surface area (Å²) >= 11 is 0. The zero-order valence-corrected chi connectivity index (χ0v) is 15.4. The Bertz CT molecular complexity index is 1240. The van der Waals surface area contributed by atoms with Gasteiger partial charge in [-0.1, -0.05) is 23.8 Å². The monoisotopic (exact) mass is 388 g/mol. The molecule has 0 spiro atoms. The van der Waals surface area contributed by atoms with Crippen molar-refractivity contribution < 1.29 is 14.4 Å². The van der Waals surface area contributed by atoms with Crippen molar-refractivity contribution in [1.82, 2.24) is 9.88 Å². The molecule has 0 saturated carbocycles. The zero-order valence-electron chi connectivity index (χ0n) is 15.4. The molecule has 0 atom stereocenters. The van der Waals surface area contributed by atoms with Crippen molar-refractivity contribution in [2.45, 2.75) is 6.92 Å². The number of hydrogen-bond donors (Lipinski definition) is 3. The molecule has 0 radical (unpaired) electrons. The van der Waals surface area contributed by atoms with Crippen molar-refractivity contribution in [3.63, 3.8) is 0 Å². The molecule has 1 aliphatic heterocycles. The van der Waals surface area contributed by atoms with E-state index in [4.69, 9.17) is 5.73 Å². The van der Waals surface area contributed by atoms with Crippen LogP contribution in [0.15, 0.2) is 59.4 Å². The smallest absolute Gasteiger partial charge is 0.262 e. The molecule has 1 aromatic heterocycles. The van der Waals surface area contributed by atoms with Gasteiger partial charge < -0.3 is 11.1 Å². The summed E-state index contributed by atoms with van der Waals surface area (Å²) in [5, 5.41) is 4.89. The standard InChI is InChI=1S/C21H16N4O4/c1-11-5-7-12(8-6-11)19(27)23-13-3-2-4-14(9-13)25-16(26)10-15-17(18(25)22)21(29)24-20(15)28/h2-10H,22H2,1H3,(H,23,27)(H,24,28,29). The van der Waals surface area contributed by atoms with Gasteiger partial charge in [0.05, 0.1) is 16.8 Å². The third-order valence-corrected chi connectivity index (χ3v) is 4.63. The molecule has 3 amide bonds. The number of hydrogen-bond acceptors (Lipinski definition) is 5. The van der Waals surface area contributed by atoms with Crippen LogP contribution < -0.4 is 21.9 Å². The van der Waals surface area contributed by atoms with E-state index in [1.807, 2.05) is 19.1 Å². The Morgan fingerprint density at radius 3 is 2.45 bits per heavy atom. The maximum atomic E-state index is 12.5. The Morgan fingerprint density at radius 2 is 1.72 bits per heavy atom. The summed E-state index contributed by atoms with van der Waals surface area (Å²) in [6, 6.07) is 14.7. The molecule has 0 fully saturated rings. The molecule has 8 heteroatoms. The number of anilines is 2. The van der Waals surface area contributed by atoms with Gasteiger partial charge in [0.1, 0.15) is 5.82 Å². The van der Waals surface area contributed by atoms with Crippen molar-refractivity contribution in [2.75, 3.05) is 11.1 Å². The average molecular weight is 388 g/mol. The van der Waals surface area contributed by atoms with Crippen LogP contribution in [0.3, 0.4) is 0 Å². The van der Waals surface area contributed by atoms with Crippen LogP contribution in [0.4, 0.5) is 11.5 Å². The van der Waals surface area contributed by atoms with Gasteiger partial charge in [-0.05, 0) is 37.3 Å². The molecule has 2 heterocycles. The topological polar surface area (TPSA) is 123 Å². The Labute approximate surface area is 165 Å². The number of pyridine rings is 1. The molecule has 8 nitrogen and oxygen atoms in total. The van der Waals surface area contributed by atoms with E-state index in [2.05, 4.69) is 10.6 Å². The van der Waals surface area contributed by atoms with E-state index in [1.54, 1.807) is 36.4 Å². The van der Waals surface area contributed by atoms with E-state index in [9.17, 15) is 19.2 Å². The van der Waals surface area contributed by atoms with Gasteiger partial charge in [-0.15, -0.1) is 0 Å². The first-order chi connectivity index (χ1) is 13.8. The zero-order chi connectivity index (χ0) is 20.7. The number of carbonyl (C=O) groups excluding carboxylic acids is 3. The molecule has 4 N–H and O–H groups in total. The number of carbonyl (C=O) groups is 3. The van der Waals surface area contributed by atoms with Crippen LogP contribution in [-0.2, 0) is 0 Å². The highest BCUT2D eigenvalue weighted by Gasteiger charge is 2.31. The fraction of sp³-hybridized carbons (Fsp3) is 0.0476. The predicted octanol–water partition coefficient (Wildman–Crippen LogP) is 1.86. The van der Waals surface area contributed by atoms with Crippen LogP contribution >= 0.6 is 0 Å². The molecule has 0 bridgehead atoms. The Balaban J connectivity index is 1.71. The fourth-order valence-electron chi connectivity index (χ4n) is 3.18. The molecule has 4 rings (SSSR count). The number of aryl methyl sites for hydroxylation is 1. The van der Waals surface area contributed by atoms with E-state index < -0.39 is 17.4 Å². The van der Waals surface area contributed by atoms with Gasteiger partial charge in [-0.2, -0.15) is 0 Å². The van der Waals surface area contributed by atoms with Gasteiger partial charge in [-0.3, -0.25) is 29.1 Å². The molecule has 1 aliphatic rings. The molecule has 144 valence electrons. The van der Waals surface area contributed by atoms with Gasteiger partial charge in [0.15, 0.2) is 0 Å². The van der Waals surface area contributed by atoms with Gasteiger partial charge in [0.2, 0.25) is 0 Å². The van der Waals surface area contributed by atoms with E-state index in [1.165, 1.54) is 0 Å². The van der Waals surface area contributed by atoms with Crippen LogP contribution in [0.25, 0.3) is 5.69 Å². The maximum Gasteiger partial charge on any atom is 0.262 e. The molecule has 3 aromatic rings. The molecule has 2 aromatic carbocycles. The van der Waals surface area contributed by atoms with Gasteiger partial charge >= 0.3 is 0 Å². The minimum Gasteiger partial charge on any atom is -0.384 e. The Hall–Kier alpha value is -4.20. The first-order valence-corrected chi connectivity index (χ1v) is 8.75. The lowest BCUT2D eigenvalue weighted by molar-refractivity contribution is 0.0879. The first-order valence-electron chi connectivity index (χ1n) is 8.75. The van der Waals surface area contributed by atoms with Crippen molar-refractivity contribution >= 4 is 29.2 Å². The minimum atomic E-state index is -0.653. The number of fused-ring (bicyclic) bond motifs is 1. The normalized spacial score (nSPS) is 12.4. The number of amides is 3. The Morgan fingerprint density at radius 1 is 1.00 bits per heavy atom. The van der Waals surface area contributed by atoms with Crippen molar-refractivity contribution in [3.8, 4) is 5.69 Å². The number of nitrogen functional groups attached to an aromatic ring is 1. The quantitative estimate of drug-likeness (QED) is 0.591. The van der Waals surface area contributed by atoms with E-state index >= 15 is 0 Å². The molecule has 0 unspecified atom stereocenters. The van der Waals surface area contributed by atoms with Crippen LogP contribution in [0.5, 0.6) is 0 Å².